The Balaban J connectivity index is 0.00000106. The molecule has 3 heteroatoms. The second kappa shape index (κ2) is 9.69. The second-order valence-corrected chi connectivity index (χ2v) is 5.54. The first-order valence-electron chi connectivity index (χ1n) is 8.18. The molecule has 0 spiro atoms. The third-order valence-corrected chi connectivity index (χ3v) is 3.83. The van der Waals surface area contributed by atoms with Crippen LogP contribution in [0, 0.1) is 6.92 Å². The van der Waals surface area contributed by atoms with Gasteiger partial charge in [-0.2, -0.15) is 0 Å². The zero-order valence-corrected chi connectivity index (χ0v) is 13.9. The molecular formula is C18H30N2O. The van der Waals surface area contributed by atoms with Crippen LogP contribution in [0.15, 0.2) is 24.3 Å². The lowest BCUT2D eigenvalue weighted by Crippen LogP contribution is -2.48. The number of hydrogen-bond acceptors (Lipinski definition) is 3. The van der Waals surface area contributed by atoms with Gasteiger partial charge >= 0.3 is 0 Å². The van der Waals surface area contributed by atoms with Crippen molar-refractivity contribution >= 4 is 5.78 Å². The Kier molecular flexibility index (Phi) is 8.24. The van der Waals surface area contributed by atoms with Gasteiger partial charge in [-0.05, 0) is 51.8 Å². The molecule has 0 radical (unpaired) electrons. The van der Waals surface area contributed by atoms with E-state index in [1.165, 1.54) is 11.1 Å². The van der Waals surface area contributed by atoms with E-state index in [0.717, 1.165) is 32.4 Å². The van der Waals surface area contributed by atoms with E-state index in [4.69, 9.17) is 0 Å². The van der Waals surface area contributed by atoms with E-state index in [1.807, 2.05) is 13.8 Å². The number of aryl methyl sites for hydroxylation is 1. The van der Waals surface area contributed by atoms with Crippen molar-refractivity contribution in [3.8, 4) is 0 Å². The fourth-order valence-electron chi connectivity index (χ4n) is 2.55. The van der Waals surface area contributed by atoms with E-state index < -0.39 is 0 Å². The van der Waals surface area contributed by atoms with E-state index in [2.05, 4.69) is 41.8 Å². The molecule has 1 atom stereocenters. The lowest BCUT2D eigenvalue weighted by atomic mass is 9.99. The smallest absolute Gasteiger partial charge is 0.147 e. The summed E-state index contributed by atoms with van der Waals surface area (Å²) in [5.41, 5.74) is 2.49. The Labute approximate surface area is 129 Å². The molecule has 2 rings (SSSR count). The zero-order chi connectivity index (χ0) is 15.7. The summed E-state index contributed by atoms with van der Waals surface area (Å²) in [7, 11) is 0. The van der Waals surface area contributed by atoms with Crippen LogP contribution >= 0.6 is 0 Å². The third-order valence-electron chi connectivity index (χ3n) is 3.83. The van der Waals surface area contributed by atoms with Crippen LogP contribution in [0.5, 0.6) is 0 Å². The van der Waals surface area contributed by atoms with E-state index >= 15 is 0 Å². The Hall–Kier alpha value is -1.19. The van der Waals surface area contributed by atoms with E-state index in [-0.39, 0.29) is 11.8 Å². The third kappa shape index (κ3) is 6.40. The number of hydrogen-bond donors (Lipinski definition) is 2. The monoisotopic (exact) mass is 290 g/mol. The Morgan fingerprint density at radius 1 is 1.24 bits per heavy atom. The molecule has 0 bridgehead atoms. The molecule has 0 aliphatic carbocycles. The Morgan fingerprint density at radius 3 is 2.33 bits per heavy atom. The maximum atomic E-state index is 11.8. The summed E-state index contributed by atoms with van der Waals surface area (Å²) >= 11 is 0. The zero-order valence-electron chi connectivity index (χ0n) is 13.9. The van der Waals surface area contributed by atoms with Crippen LogP contribution in [0.4, 0.5) is 0 Å². The lowest BCUT2D eigenvalue weighted by Gasteiger charge is -2.28. The van der Waals surface area contributed by atoms with Gasteiger partial charge in [-0.25, -0.2) is 0 Å². The van der Waals surface area contributed by atoms with Crippen LogP contribution in [0.3, 0.4) is 0 Å². The number of carbonyl (C=O) groups excluding carboxylic acids is 1. The molecule has 21 heavy (non-hydrogen) atoms. The summed E-state index contributed by atoms with van der Waals surface area (Å²) in [4.78, 5) is 11.8. The predicted octanol–water partition coefficient (Wildman–Crippen LogP) is 2.86. The van der Waals surface area contributed by atoms with E-state index in [1.54, 1.807) is 6.92 Å². The van der Waals surface area contributed by atoms with Gasteiger partial charge in [-0.15, -0.1) is 0 Å². The molecule has 1 aromatic carbocycles. The summed E-state index contributed by atoms with van der Waals surface area (Å²) in [6, 6.07) is 8.88. The summed E-state index contributed by atoms with van der Waals surface area (Å²) in [5.74, 6) is 0.235. The number of rotatable bonds is 5. The molecule has 0 amide bonds. The van der Waals surface area contributed by atoms with Crippen LogP contribution in [-0.4, -0.2) is 31.0 Å². The average molecular weight is 290 g/mol. The van der Waals surface area contributed by atoms with Crippen molar-refractivity contribution in [1.29, 1.82) is 0 Å². The SMILES string of the molecule is CC.CC(=O)[C@@H](Cc1ccc(C)cc1)NC1CCNCC1. The van der Waals surface area contributed by atoms with Gasteiger partial charge in [-0.1, -0.05) is 43.7 Å². The highest BCUT2D eigenvalue weighted by atomic mass is 16.1. The standard InChI is InChI=1S/C16H24N2O.C2H6/c1-12-3-5-14(6-4-12)11-16(13(2)19)18-15-7-9-17-10-8-15;1-2/h3-6,15-18H,7-11H2,1-2H3;1-2H3/t16-;/m1./s1. The lowest BCUT2D eigenvalue weighted by molar-refractivity contribution is -0.119. The highest BCUT2D eigenvalue weighted by Gasteiger charge is 2.20. The van der Waals surface area contributed by atoms with Crippen LogP contribution in [0.25, 0.3) is 0 Å². The molecule has 1 fully saturated rings. The van der Waals surface area contributed by atoms with Gasteiger partial charge in [0.05, 0.1) is 6.04 Å². The normalized spacial score (nSPS) is 16.8. The average Bonchev–Trinajstić information content (AvgIpc) is 2.52. The van der Waals surface area contributed by atoms with Crippen molar-refractivity contribution in [1.82, 2.24) is 10.6 Å². The molecule has 0 unspecified atom stereocenters. The van der Waals surface area contributed by atoms with Gasteiger partial charge in [0, 0.05) is 6.04 Å². The highest BCUT2D eigenvalue weighted by molar-refractivity contribution is 5.81. The first-order chi connectivity index (χ1) is 10.1. The summed E-state index contributed by atoms with van der Waals surface area (Å²) in [5, 5.41) is 6.88. The molecule has 2 N–H and O–H groups in total. The van der Waals surface area contributed by atoms with Crippen LogP contribution < -0.4 is 10.6 Å². The largest absolute Gasteiger partial charge is 0.317 e. The molecule has 0 aromatic heterocycles. The minimum absolute atomic E-state index is 0.0502. The van der Waals surface area contributed by atoms with Crippen molar-refractivity contribution in [3.05, 3.63) is 35.4 Å². The summed E-state index contributed by atoms with van der Waals surface area (Å²) in [6.07, 6.45) is 3.01. The molecule has 1 aromatic rings. The van der Waals surface area contributed by atoms with E-state index in [0.29, 0.717) is 6.04 Å². The number of ketones is 1. The van der Waals surface area contributed by atoms with Gasteiger partial charge in [0.1, 0.15) is 5.78 Å². The van der Waals surface area contributed by atoms with Gasteiger partial charge in [-0.3, -0.25) is 4.79 Å². The number of nitrogens with one attached hydrogen (secondary N) is 2. The van der Waals surface area contributed by atoms with Crippen LogP contribution in [-0.2, 0) is 11.2 Å². The maximum Gasteiger partial charge on any atom is 0.147 e. The van der Waals surface area contributed by atoms with Gasteiger partial charge in [0.2, 0.25) is 0 Å². The van der Waals surface area contributed by atoms with Crippen molar-refractivity contribution in [3.63, 3.8) is 0 Å². The quantitative estimate of drug-likeness (QED) is 0.876. The molecule has 1 saturated heterocycles. The Morgan fingerprint density at radius 2 is 1.81 bits per heavy atom. The molecule has 1 heterocycles. The molecule has 118 valence electrons. The highest BCUT2D eigenvalue weighted by Crippen LogP contribution is 2.10. The maximum absolute atomic E-state index is 11.8. The number of piperidine rings is 1. The topological polar surface area (TPSA) is 41.1 Å². The molecule has 1 aliphatic heterocycles. The molecule has 3 nitrogen and oxygen atoms in total. The fourth-order valence-corrected chi connectivity index (χ4v) is 2.55. The summed E-state index contributed by atoms with van der Waals surface area (Å²) in [6.45, 7) is 9.87. The van der Waals surface area contributed by atoms with E-state index in [9.17, 15) is 4.79 Å². The predicted molar refractivity (Wildman–Crippen MR) is 89.7 cm³/mol. The number of benzene rings is 1. The number of Topliss-reactive ketones (excluding diaryl/α,β-unsaturated/α-hetero) is 1. The fraction of sp³-hybridized carbons (Fsp3) is 0.611. The minimum atomic E-state index is -0.0502. The second-order valence-electron chi connectivity index (χ2n) is 5.54. The first kappa shape index (κ1) is 17.9. The van der Waals surface area contributed by atoms with Gasteiger partial charge < -0.3 is 10.6 Å². The molecular weight excluding hydrogens is 260 g/mol. The van der Waals surface area contributed by atoms with Crippen molar-refractivity contribution in [2.24, 2.45) is 0 Å². The molecule has 0 saturated carbocycles. The minimum Gasteiger partial charge on any atom is -0.317 e. The first-order valence-corrected chi connectivity index (χ1v) is 8.18. The number of carbonyl (C=O) groups is 1. The van der Waals surface area contributed by atoms with Crippen molar-refractivity contribution in [2.75, 3.05) is 13.1 Å². The molecule has 1 aliphatic rings. The summed E-state index contributed by atoms with van der Waals surface area (Å²) < 4.78 is 0. The van der Waals surface area contributed by atoms with Crippen molar-refractivity contribution < 1.29 is 4.79 Å². The Bertz CT molecular complexity index is 408. The van der Waals surface area contributed by atoms with Crippen molar-refractivity contribution in [2.45, 2.75) is 59.0 Å². The van der Waals surface area contributed by atoms with Gasteiger partial charge in [0.15, 0.2) is 0 Å². The van der Waals surface area contributed by atoms with Crippen LogP contribution in [0.1, 0.15) is 44.7 Å². The van der Waals surface area contributed by atoms with Gasteiger partial charge in [0.25, 0.3) is 0 Å². The van der Waals surface area contributed by atoms with Crippen LogP contribution in [0.2, 0.25) is 0 Å².